The third kappa shape index (κ3) is 3.34. The van der Waals surface area contributed by atoms with Crippen LogP contribution in [-0.2, 0) is 4.79 Å². The highest BCUT2D eigenvalue weighted by Crippen LogP contribution is 2.10. The van der Waals surface area contributed by atoms with Gasteiger partial charge in [-0.05, 0) is 20.8 Å². The second kappa shape index (κ2) is 6.08. The van der Waals surface area contributed by atoms with Crippen LogP contribution >= 0.6 is 0 Å². The molecule has 0 radical (unpaired) electrons. The Balaban J connectivity index is 2.68. The Labute approximate surface area is 100.0 Å². The number of hydrogen-bond acceptors (Lipinski definition) is 4. The van der Waals surface area contributed by atoms with Gasteiger partial charge < -0.3 is 14.1 Å². The zero-order valence-corrected chi connectivity index (χ0v) is 10.4. The fraction of sp³-hybridized carbons (Fsp3) is 0.500. The van der Waals surface area contributed by atoms with Crippen molar-refractivity contribution < 1.29 is 13.9 Å². The van der Waals surface area contributed by atoms with Crippen molar-refractivity contribution in [1.82, 2.24) is 4.90 Å². The maximum Gasteiger partial charge on any atom is 0.260 e. The van der Waals surface area contributed by atoms with Gasteiger partial charge in [0, 0.05) is 19.2 Å². The van der Waals surface area contributed by atoms with Gasteiger partial charge in [-0.1, -0.05) is 0 Å². The molecule has 0 saturated heterocycles. The molecule has 1 aromatic rings. The molecule has 1 aromatic heterocycles. The summed E-state index contributed by atoms with van der Waals surface area (Å²) in [5.41, 5.74) is -0.277. The Kier molecular flexibility index (Phi) is 4.75. The summed E-state index contributed by atoms with van der Waals surface area (Å²) in [5, 5.41) is 0. The third-order valence-electron chi connectivity index (χ3n) is 2.46. The van der Waals surface area contributed by atoms with Crippen LogP contribution in [0.3, 0.4) is 0 Å². The topological polar surface area (TPSA) is 59.8 Å². The Hall–Kier alpha value is -1.78. The van der Waals surface area contributed by atoms with Crippen molar-refractivity contribution in [3.63, 3.8) is 0 Å². The lowest BCUT2D eigenvalue weighted by molar-refractivity contribution is -0.133. The number of nitrogens with zero attached hydrogens (tertiary/aromatic N) is 1. The standard InChI is InChI=1S/C12H17NO4/c1-4-13(5-2)11(15)8-17-12-9(3)16-7-6-10(12)14/h6-7H,4-5,8H2,1-3H3. The molecule has 5 heteroatoms. The normalized spacial score (nSPS) is 10.1. The van der Waals surface area contributed by atoms with Gasteiger partial charge in [0.2, 0.25) is 11.2 Å². The number of aryl methyl sites for hydroxylation is 1. The zero-order chi connectivity index (χ0) is 12.8. The number of hydrogen-bond donors (Lipinski definition) is 0. The Bertz CT molecular complexity index is 434. The molecule has 0 N–H and O–H groups in total. The highest BCUT2D eigenvalue weighted by Gasteiger charge is 2.13. The number of amides is 1. The smallest absolute Gasteiger partial charge is 0.260 e. The summed E-state index contributed by atoms with van der Waals surface area (Å²) >= 11 is 0. The first kappa shape index (κ1) is 13.3. The molecule has 0 atom stereocenters. The van der Waals surface area contributed by atoms with E-state index in [1.54, 1.807) is 11.8 Å². The number of carbonyl (C=O) groups is 1. The van der Waals surface area contributed by atoms with E-state index in [1.807, 2.05) is 13.8 Å². The van der Waals surface area contributed by atoms with Gasteiger partial charge in [0.15, 0.2) is 6.61 Å². The Morgan fingerprint density at radius 1 is 1.41 bits per heavy atom. The minimum atomic E-state index is -0.277. The summed E-state index contributed by atoms with van der Waals surface area (Å²) in [6.45, 7) is 6.52. The molecule has 0 aliphatic carbocycles. The third-order valence-corrected chi connectivity index (χ3v) is 2.46. The first-order valence-electron chi connectivity index (χ1n) is 5.59. The lowest BCUT2D eigenvalue weighted by atomic mass is 10.3. The van der Waals surface area contributed by atoms with Crippen LogP contribution in [0.4, 0.5) is 0 Å². The Morgan fingerprint density at radius 3 is 2.59 bits per heavy atom. The quantitative estimate of drug-likeness (QED) is 0.774. The van der Waals surface area contributed by atoms with Gasteiger partial charge in [-0.15, -0.1) is 0 Å². The molecule has 1 amide bonds. The van der Waals surface area contributed by atoms with Gasteiger partial charge in [-0.2, -0.15) is 0 Å². The summed E-state index contributed by atoms with van der Waals surface area (Å²) in [6, 6.07) is 1.27. The van der Waals surface area contributed by atoms with Gasteiger partial charge in [0.25, 0.3) is 5.91 Å². The van der Waals surface area contributed by atoms with E-state index in [0.717, 1.165) is 0 Å². The molecule has 0 unspecified atom stereocenters. The van der Waals surface area contributed by atoms with E-state index in [-0.39, 0.29) is 23.7 Å². The van der Waals surface area contributed by atoms with Crippen molar-refractivity contribution in [1.29, 1.82) is 0 Å². The van der Waals surface area contributed by atoms with Gasteiger partial charge in [-0.25, -0.2) is 0 Å². The van der Waals surface area contributed by atoms with Crippen molar-refractivity contribution in [2.24, 2.45) is 0 Å². The molecule has 1 rings (SSSR count). The number of likely N-dealkylation sites (N-methyl/N-ethyl adjacent to an activating group) is 1. The van der Waals surface area contributed by atoms with E-state index in [2.05, 4.69) is 0 Å². The van der Waals surface area contributed by atoms with E-state index in [0.29, 0.717) is 18.8 Å². The maximum absolute atomic E-state index is 11.7. The van der Waals surface area contributed by atoms with Crippen molar-refractivity contribution in [2.45, 2.75) is 20.8 Å². The van der Waals surface area contributed by atoms with Crippen LogP contribution in [0.5, 0.6) is 5.75 Å². The zero-order valence-electron chi connectivity index (χ0n) is 10.4. The molecule has 0 aromatic carbocycles. The van der Waals surface area contributed by atoms with Crippen molar-refractivity contribution >= 4 is 5.91 Å². The molecule has 0 aliphatic heterocycles. The predicted octanol–water partition coefficient (Wildman–Crippen LogP) is 1.20. The summed E-state index contributed by atoms with van der Waals surface area (Å²) in [6.07, 6.45) is 1.30. The van der Waals surface area contributed by atoms with Crippen LogP contribution in [0, 0.1) is 6.92 Å². The summed E-state index contributed by atoms with van der Waals surface area (Å²) < 4.78 is 10.3. The summed E-state index contributed by atoms with van der Waals surface area (Å²) in [5.74, 6) is 0.343. The Morgan fingerprint density at radius 2 is 2.06 bits per heavy atom. The monoisotopic (exact) mass is 239 g/mol. The van der Waals surface area contributed by atoms with Crippen molar-refractivity contribution in [3.8, 4) is 5.75 Å². The van der Waals surface area contributed by atoms with Crippen LogP contribution in [0.15, 0.2) is 21.5 Å². The molecule has 1 heterocycles. The number of ether oxygens (including phenoxy) is 1. The lowest BCUT2D eigenvalue weighted by Gasteiger charge is -2.18. The molecule has 94 valence electrons. The molecule has 0 spiro atoms. The summed E-state index contributed by atoms with van der Waals surface area (Å²) in [7, 11) is 0. The van der Waals surface area contributed by atoms with Crippen LogP contribution in [0.25, 0.3) is 0 Å². The minimum Gasteiger partial charge on any atom is -0.476 e. The molecular formula is C12H17NO4. The SMILES string of the molecule is CCN(CC)C(=O)COc1c(C)occc1=O. The number of carbonyl (C=O) groups excluding carboxylic acids is 1. The first-order valence-corrected chi connectivity index (χ1v) is 5.59. The van der Waals surface area contributed by atoms with Gasteiger partial charge in [-0.3, -0.25) is 9.59 Å². The summed E-state index contributed by atoms with van der Waals surface area (Å²) in [4.78, 5) is 24.8. The molecule has 17 heavy (non-hydrogen) atoms. The van der Waals surface area contributed by atoms with Crippen LogP contribution in [0.1, 0.15) is 19.6 Å². The molecular weight excluding hydrogens is 222 g/mol. The maximum atomic E-state index is 11.7. The number of rotatable bonds is 5. The van der Waals surface area contributed by atoms with E-state index in [1.165, 1.54) is 12.3 Å². The van der Waals surface area contributed by atoms with E-state index < -0.39 is 0 Å². The molecule has 5 nitrogen and oxygen atoms in total. The van der Waals surface area contributed by atoms with E-state index in [9.17, 15) is 9.59 Å². The second-order valence-corrected chi connectivity index (χ2v) is 3.52. The van der Waals surface area contributed by atoms with Crippen LogP contribution < -0.4 is 10.2 Å². The largest absolute Gasteiger partial charge is 0.476 e. The first-order chi connectivity index (χ1) is 8.10. The van der Waals surface area contributed by atoms with Gasteiger partial charge >= 0.3 is 0 Å². The van der Waals surface area contributed by atoms with Gasteiger partial charge in [0.1, 0.15) is 5.76 Å². The average molecular weight is 239 g/mol. The molecule has 0 aliphatic rings. The van der Waals surface area contributed by atoms with Crippen molar-refractivity contribution in [2.75, 3.05) is 19.7 Å². The molecule has 0 bridgehead atoms. The van der Waals surface area contributed by atoms with Crippen LogP contribution in [-0.4, -0.2) is 30.5 Å². The molecule has 0 saturated carbocycles. The fourth-order valence-electron chi connectivity index (χ4n) is 1.47. The van der Waals surface area contributed by atoms with Gasteiger partial charge in [0.05, 0.1) is 6.26 Å². The molecule has 0 fully saturated rings. The lowest BCUT2D eigenvalue weighted by Crippen LogP contribution is -2.35. The highest BCUT2D eigenvalue weighted by atomic mass is 16.5. The highest BCUT2D eigenvalue weighted by molar-refractivity contribution is 5.77. The fourth-order valence-corrected chi connectivity index (χ4v) is 1.47. The second-order valence-electron chi connectivity index (χ2n) is 3.52. The average Bonchev–Trinajstić information content (AvgIpc) is 2.30. The predicted molar refractivity (Wildman–Crippen MR) is 63.1 cm³/mol. The van der Waals surface area contributed by atoms with E-state index >= 15 is 0 Å². The minimum absolute atomic E-state index is 0.105. The van der Waals surface area contributed by atoms with E-state index in [4.69, 9.17) is 9.15 Å². The van der Waals surface area contributed by atoms with Crippen LogP contribution in [0.2, 0.25) is 0 Å². The van der Waals surface area contributed by atoms with Crippen molar-refractivity contribution in [3.05, 3.63) is 28.3 Å².